The molecule has 2 rings (SSSR count). The Balaban J connectivity index is 2.26. The van der Waals surface area contributed by atoms with Crippen molar-refractivity contribution < 1.29 is 0 Å². The number of rotatable bonds is 0. The van der Waals surface area contributed by atoms with Crippen LogP contribution in [0.1, 0.15) is 20.3 Å². The van der Waals surface area contributed by atoms with E-state index in [0.717, 1.165) is 23.7 Å². The lowest BCUT2D eigenvalue weighted by molar-refractivity contribution is 0.364. The van der Waals surface area contributed by atoms with E-state index in [1.165, 1.54) is 6.42 Å². The Kier molecular flexibility index (Phi) is 0.992. The summed E-state index contributed by atoms with van der Waals surface area (Å²) in [5.41, 5.74) is 0. The van der Waals surface area contributed by atoms with Gasteiger partial charge in [0.25, 0.3) is 0 Å². The second kappa shape index (κ2) is 1.62. The molecule has 0 aliphatic heterocycles. The molecule has 50 valence electrons. The highest BCUT2D eigenvalue weighted by Gasteiger charge is 2.38. The zero-order valence-corrected chi connectivity index (χ0v) is 6.17. The van der Waals surface area contributed by atoms with Gasteiger partial charge in [-0.2, -0.15) is 0 Å². The lowest BCUT2D eigenvalue weighted by atomic mass is 9.86. The number of hydrogen-bond acceptors (Lipinski definition) is 0. The van der Waals surface area contributed by atoms with Gasteiger partial charge in [0.05, 0.1) is 0 Å². The minimum absolute atomic E-state index is 0.935. The van der Waals surface area contributed by atoms with Crippen LogP contribution in [-0.2, 0) is 0 Å². The molecule has 0 aromatic rings. The molecule has 0 N–H and O–H groups in total. The second-order valence-electron chi connectivity index (χ2n) is 3.67. The van der Waals surface area contributed by atoms with E-state index in [0.29, 0.717) is 0 Å². The van der Waals surface area contributed by atoms with Crippen molar-refractivity contribution in [1.82, 2.24) is 0 Å². The quantitative estimate of drug-likeness (QED) is 0.433. The molecule has 0 radical (unpaired) electrons. The van der Waals surface area contributed by atoms with Gasteiger partial charge in [0.1, 0.15) is 0 Å². The summed E-state index contributed by atoms with van der Waals surface area (Å²) < 4.78 is 0. The van der Waals surface area contributed by atoms with Gasteiger partial charge in [0.15, 0.2) is 0 Å². The molecule has 2 aliphatic rings. The Morgan fingerprint density at radius 1 is 1.00 bits per heavy atom. The van der Waals surface area contributed by atoms with Crippen LogP contribution in [0.3, 0.4) is 0 Å². The fourth-order valence-electron chi connectivity index (χ4n) is 2.32. The highest BCUT2D eigenvalue weighted by molar-refractivity contribution is 5.11. The van der Waals surface area contributed by atoms with Gasteiger partial charge in [-0.05, 0) is 30.1 Å². The number of allylic oxidation sites excluding steroid dienone is 2. The number of fused-ring (bicyclic) bond motifs is 2. The predicted molar refractivity (Wildman–Crippen MR) is 39.1 cm³/mol. The topological polar surface area (TPSA) is 0 Å². The molecule has 0 amide bonds. The van der Waals surface area contributed by atoms with Crippen molar-refractivity contribution in [3.63, 3.8) is 0 Å². The SMILES string of the molecule is C[C@@H]1[C@H](C)[C@H]2C=C[C@H]1C2. The summed E-state index contributed by atoms with van der Waals surface area (Å²) in [6.45, 7) is 4.78. The number of hydrogen-bond donors (Lipinski definition) is 0. The Labute approximate surface area is 57.0 Å². The zero-order valence-electron chi connectivity index (χ0n) is 6.17. The molecule has 2 aliphatic carbocycles. The Morgan fingerprint density at radius 3 is 1.67 bits per heavy atom. The standard InChI is InChI=1S/C9H14/c1-6-7(2)9-4-3-8(6)5-9/h3-4,6-9H,5H2,1-2H3/t6-,7+,8-,9-/m0/s1. The van der Waals surface area contributed by atoms with Crippen LogP contribution in [0, 0.1) is 23.7 Å². The summed E-state index contributed by atoms with van der Waals surface area (Å²) in [5, 5.41) is 0. The van der Waals surface area contributed by atoms with Gasteiger partial charge in [-0.3, -0.25) is 0 Å². The van der Waals surface area contributed by atoms with Gasteiger partial charge in [-0.1, -0.05) is 26.0 Å². The van der Waals surface area contributed by atoms with E-state index in [1.54, 1.807) is 0 Å². The molecule has 0 unspecified atom stereocenters. The average molecular weight is 122 g/mol. The molecule has 0 spiro atoms. The molecule has 0 heterocycles. The largest absolute Gasteiger partial charge is 0.0848 e. The van der Waals surface area contributed by atoms with Crippen LogP contribution in [0.5, 0.6) is 0 Å². The third-order valence-electron chi connectivity index (χ3n) is 3.33. The van der Waals surface area contributed by atoms with Gasteiger partial charge in [0, 0.05) is 0 Å². The maximum Gasteiger partial charge on any atom is -0.0199 e. The summed E-state index contributed by atoms with van der Waals surface area (Å²) in [6.07, 6.45) is 6.27. The van der Waals surface area contributed by atoms with Crippen LogP contribution in [0.15, 0.2) is 12.2 Å². The molecule has 0 aromatic carbocycles. The third kappa shape index (κ3) is 0.593. The molecule has 4 atom stereocenters. The molecule has 1 saturated carbocycles. The first-order valence-electron chi connectivity index (χ1n) is 3.97. The fourth-order valence-corrected chi connectivity index (χ4v) is 2.32. The molecule has 0 aromatic heterocycles. The van der Waals surface area contributed by atoms with Crippen LogP contribution >= 0.6 is 0 Å². The Bertz CT molecular complexity index is 130. The fraction of sp³-hybridized carbons (Fsp3) is 0.778. The molecule has 9 heavy (non-hydrogen) atoms. The minimum Gasteiger partial charge on any atom is -0.0848 e. The van der Waals surface area contributed by atoms with Gasteiger partial charge in [-0.15, -0.1) is 0 Å². The zero-order chi connectivity index (χ0) is 6.43. The van der Waals surface area contributed by atoms with Crippen LogP contribution in [0.4, 0.5) is 0 Å². The molecule has 0 nitrogen and oxygen atoms in total. The predicted octanol–water partition coefficient (Wildman–Crippen LogP) is 2.46. The monoisotopic (exact) mass is 122 g/mol. The highest BCUT2D eigenvalue weighted by atomic mass is 14.4. The van der Waals surface area contributed by atoms with E-state index in [1.807, 2.05) is 0 Å². The molecule has 0 heteroatoms. The van der Waals surface area contributed by atoms with E-state index in [-0.39, 0.29) is 0 Å². The van der Waals surface area contributed by atoms with Crippen LogP contribution in [0.25, 0.3) is 0 Å². The van der Waals surface area contributed by atoms with E-state index >= 15 is 0 Å². The lowest BCUT2D eigenvalue weighted by Gasteiger charge is -2.19. The summed E-state index contributed by atoms with van der Waals surface area (Å²) in [5.74, 6) is 3.79. The van der Waals surface area contributed by atoms with Crippen molar-refractivity contribution in [2.75, 3.05) is 0 Å². The van der Waals surface area contributed by atoms with E-state index in [4.69, 9.17) is 0 Å². The van der Waals surface area contributed by atoms with E-state index < -0.39 is 0 Å². The van der Waals surface area contributed by atoms with Gasteiger partial charge >= 0.3 is 0 Å². The summed E-state index contributed by atoms with van der Waals surface area (Å²) >= 11 is 0. The third-order valence-corrected chi connectivity index (χ3v) is 3.33. The summed E-state index contributed by atoms with van der Waals surface area (Å²) in [7, 11) is 0. The van der Waals surface area contributed by atoms with Crippen LogP contribution in [-0.4, -0.2) is 0 Å². The summed E-state index contributed by atoms with van der Waals surface area (Å²) in [6, 6.07) is 0. The van der Waals surface area contributed by atoms with Crippen molar-refractivity contribution in [3.05, 3.63) is 12.2 Å². The van der Waals surface area contributed by atoms with Crippen LogP contribution in [0.2, 0.25) is 0 Å². The second-order valence-corrected chi connectivity index (χ2v) is 3.67. The molecule has 0 saturated heterocycles. The van der Waals surface area contributed by atoms with Gasteiger partial charge in [-0.25, -0.2) is 0 Å². The maximum absolute atomic E-state index is 2.41. The van der Waals surface area contributed by atoms with Gasteiger partial charge < -0.3 is 0 Å². The maximum atomic E-state index is 2.41. The molecular formula is C9H14. The first kappa shape index (κ1) is 5.52. The summed E-state index contributed by atoms with van der Waals surface area (Å²) in [4.78, 5) is 0. The van der Waals surface area contributed by atoms with Crippen molar-refractivity contribution >= 4 is 0 Å². The first-order valence-corrected chi connectivity index (χ1v) is 3.97. The first-order chi connectivity index (χ1) is 4.29. The molecular weight excluding hydrogens is 108 g/mol. The molecule has 2 bridgehead atoms. The van der Waals surface area contributed by atoms with Crippen molar-refractivity contribution in [2.24, 2.45) is 23.7 Å². The smallest absolute Gasteiger partial charge is 0.0199 e. The van der Waals surface area contributed by atoms with E-state index in [9.17, 15) is 0 Å². The van der Waals surface area contributed by atoms with Crippen molar-refractivity contribution in [2.45, 2.75) is 20.3 Å². The Morgan fingerprint density at radius 2 is 1.44 bits per heavy atom. The van der Waals surface area contributed by atoms with Crippen molar-refractivity contribution in [3.8, 4) is 0 Å². The average Bonchev–Trinajstić information content (AvgIpc) is 2.37. The molecule has 1 fully saturated rings. The minimum atomic E-state index is 0.935. The van der Waals surface area contributed by atoms with E-state index in [2.05, 4.69) is 26.0 Å². The van der Waals surface area contributed by atoms with Gasteiger partial charge in [0.2, 0.25) is 0 Å². The lowest BCUT2D eigenvalue weighted by Crippen LogP contribution is -2.12. The van der Waals surface area contributed by atoms with Crippen molar-refractivity contribution in [1.29, 1.82) is 0 Å². The normalized spacial score (nSPS) is 54.9. The van der Waals surface area contributed by atoms with Crippen LogP contribution < -0.4 is 0 Å². The Hall–Kier alpha value is -0.260. The highest BCUT2D eigenvalue weighted by Crippen LogP contribution is 2.47.